The van der Waals surface area contributed by atoms with Crippen LogP contribution in [0, 0.1) is 6.92 Å². The van der Waals surface area contributed by atoms with E-state index in [0.717, 1.165) is 5.69 Å². The maximum Gasteiger partial charge on any atom is 0.255 e. The largest absolute Gasteiger partial charge is 0.344 e. The van der Waals surface area contributed by atoms with Gasteiger partial charge in [0.25, 0.3) is 5.91 Å². The Labute approximate surface area is 141 Å². The number of aromatic nitrogens is 3. The number of pyridine rings is 1. The third-order valence-corrected chi connectivity index (χ3v) is 6.07. The molecule has 8 heteroatoms. The molecule has 0 radical (unpaired) electrons. The summed E-state index contributed by atoms with van der Waals surface area (Å²) in [7, 11) is -3.00. The summed E-state index contributed by atoms with van der Waals surface area (Å²) in [6, 6.07) is 5.12. The van der Waals surface area contributed by atoms with Crippen molar-refractivity contribution in [2.24, 2.45) is 0 Å². The SMILES string of the molecule is Cc1c(C(=O)N[C@H](C)c2ccccn2)cnn1[C@H]1CCS(=O)(=O)C1. The van der Waals surface area contributed by atoms with E-state index in [-0.39, 0.29) is 29.5 Å². The van der Waals surface area contributed by atoms with Gasteiger partial charge in [-0.05, 0) is 32.4 Å². The highest BCUT2D eigenvalue weighted by Gasteiger charge is 2.31. The zero-order valence-electron chi connectivity index (χ0n) is 13.6. The summed E-state index contributed by atoms with van der Waals surface area (Å²) in [4.78, 5) is 16.7. The van der Waals surface area contributed by atoms with Gasteiger partial charge in [0, 0.05) is 11.9 Å². The molecule has 24 heavy (non-hydrogen) atoms. The van der Waals surface area contributed by atoms with Crippen molar-refractivity contribution < 1.29 is 13.2 Å². The summed E-state index contributed by atoms with van der Waals surface area (Å²) in [5.41, 5.74) is 1.92. The number of sulfone groups is 1. The fraction of sp³-hybridized carbons (Fsp3) is 0.438. The second-order valence-corrected chi connectivity index (χ2v) is 8.32. The van der Waals surface area contributed by atoms with Gasteiger partial charge in [0.2, 0.25) is 0 Å². The predicted molar refractivity (Wildman–Crippen MR) is 89.4 cm³/mol. The molecular formula is C16H20N4O3S. The van der Waals surface area contributed by atoms with Gasteiger partial charge < -0.3 is 5.32 Å². The van der Waals surface area contributed by atoms with Crippen molar-refractivity contribution in [1.82, 2.24) is 20.1 Å². The van der Waals surface area contributed by atoms with Crippen molar-refractivity contribution in [2.75, 3.05) is 11.5 Å². The minimum Gasteiger partial charge on any atom is -0.344 e. The van der Waals surface area contributed by atoms with Crippen molar-refractivity contribution in [2.45, 2.75) is 32.4 Å². The van der Waals surface area contributed by atoms with Gasteiger partial charge in [0.1, 0.15) is 0 Å². The van der Waals surface area contributed by atoms with Gasteiger partial charge in [-0.2, -0.15) is 5.10 Å². The number of rotatable bonds is 4. The van der Waals surface area contributed by atoms with Crippen LogP contribution >= 0.6 is 0 Å². The lowest BCUT2D eigenvalue weighted by Crippen LogP contribution is -2.27. The first kappa shape index (κ1) is 16.6. The van der Waals surface area contributed by atoms with Crippen LogP contribution in [0.1, 0.15) is 47.2 Å². The van der Waals surface area contributed by atoms with Crippen molar-refractivity contribution in [3.05, 3.63) is 47.5 Å². The number of carbonyl (C=O) groups excluding carboxylic acids is 1. The fourth-order valence-corrected chi connectivity index (χ4v) is 4.66. The summed E-state index contributed by atoms with van der Waals surface area (Å²) in [5.74, 6) is 0.0219. The van der Waals surface area contributed by atoms with E-state index in [1.165, 1.54) is 6.20 Å². The Morgan fingerprint density at radius 1 is 1.42 bits per heavy atom. The molecule has 0 aliphatic carbocycles. The van der Waals surface area contributed by atoms with Gasteiger partial charge >= 0.3 is 0 Å². The first-order valence-corrected chi connectivity index (χ1v) is 9.66. The fourth-order valence-electron chi connectivity index (χ4n) is 2.96. The molecule has 0 saturated carbocycles. The highest BCUT2D eigenvalue weighted by molar-refractivity contribution is 7.91. The molecule has 0 spiro atoms. The minimum absolute atomic E-state index is 0.0842. The van der Waals surface area contributed by atoms with Crippen molar-refractivity contribution in [3.8, 4) is 0 Å². The quantitative estimate of drug-likeness (QED) is 0.902. The Balaban J connectivity index is 1.75. The van der Waals surface area contributed by atoms with E-state index in [0.29, 0.717) is 17.7 Å². The van der Waals surface area contributed by atoms with Crippen LogP contribution in [0.15, 0.2) is 30.6 Å². The lowest BCUT2D eigenvalue weighted by molar-refractivity contribution is 0.0938. The van der Waals surface area contributed by atoms with Crippen LogP contribution in [0.3, 0.4) is 0 Å². The smallest absolute Gasteiger partial charge is 0.255 e. The average molecular weight is 348 g/mol. The number of hydrogen-bond acceptors (Lipinski definition) is 5. The van der Waals surface area contributed by atoms with Crippen LogP contribution in [0.25, 0.3) is 0 Å². The number of hydrogen-bond donors (Lipinski definition) is 1. The molecular weight excluding hydrogens is 328 g/mol. The molecule has 0 aromatic carbocycles. The number of nitrogens with zero attached hydrogens (tertiary/aromatic N) is 3. The first-order chi connectivity index (χ1) is 11.4. The second kappa shape index (κ2) is 6.35. The van der Waals surface area contributed by atoms with Crippen LogP contribution in [0.5, 0.6) is 0 Å². The number of carbonyl (C=O) groups is 1. The summed E-state index contributed by atoms with van der Waals surface area (Å²) in [5, 5.41) is 7.14. The first-order valence-electron chi connectivity index (χ1n) is 7.84. The lowest BCUT2D eigenvalue weighted by Gasteiger charge is -2.14. The van der Waals surface area contributed by atoms with Gasteiger partial charge in [0.05, 0.1) is 41.0 Å². The Morgan fingerprint density at radius 3 is 2.83 bits per heavy atom. The third-order valence-electron chi connectivity index (χ3n) is 4.32. The van der Waals surface area contributed by atoms with Crippen LogP contribution < -0.4 is 5.32 Å². The Bertz CT molecular complexity index is 845. The third kappa shape index (κ3) is 3.33. The maximum atomic E-state index is 12.5. The maximum absolute atomic E-state index is 12.5. The molecule has 1 aliphatic rings. The molecule has 3 heterocycles. The normalized spacial score (nSPS) is 20.7. The van der Waals surface area contributed by atoms with E-state index in [1.54, 1.807) is 17.8 Å². The second-order valence-electron chi connectivity index (χ2n) is 6.09. The molecule has 1 N–H and O–H groups in total. The molecule has 1 saturated heterocycles. The Hall–Kier alpha value is -2.22. The molecule has 2 aromatic rings. The minimum atomic E-state index is -3.00. The summed E-state index contributed by atoms with van der Waals surface area (Å²) in [6.07, 6.45) is 3.72. The van der Waals surface area contributed by atoms with Crippen LogP contribution in [-0.4, -0.2) is 40.6 Å². The van der Waals surface area contributed by atoms with E-state index in [4.69, 9.17) is 0 Å². The molecule has 0 bridgehead atoms. The molecule has 2 atom stereocenters. The van der Waals surface area contributed by atoms with Crippen LogP contribution in [0.2, 0.25) is 0 Å². The van der Waals surface area contributed by atoms with Crippen LogP contribution in [0.4, 0.5) is 0 Å². The zero-order chi connectivity index (χ0) is 17.3. The monoisotopic (exact) mass is 348 g/mol. The average Bonchev–Trinajstić information content (AvgIpc) is 3.10. The molecule has 0 unspecified atom stereocenters. The summed E-state index contributed by atoms with van der Waals surface area (Å²) in [6.45, 7) is 3.65. The van der Waals surface area contributed by atoms with Gasteiger partial charge in [-0.25, -0.2) is 8.42 Å². The Morgan fingerprint density at radius 2 is 2.21 bits per heavy atom. The van der Waals surface area contributed by atoms with Gasteiger partial charge in [-0.15, -0.1) is 0 Å². The van der Waals surface area contributed by atoms with Gasteiger partial charge in [-0.3, -0.25) is 14.5 Å². The molecule has 1 amide bonds. The Kier molecular flexibility index (Phi) is 4.40. The molecule has 2 aromatic heterocycles. The molecule has 7 nitrogen and oxygen atoms in total. The topological polar surface area (TPSA) is 93.9 Å². The van der Waals surface area contributed by atoms with E-state index in [2.05, 4.69) is 15.4 Å². The van der Waals surface area contributed by atoms with Crippen molar-refractivity contribution >= 4 is 15.7 Å². The predicted octanol–water partition coefficient (Wildman–Crippen LogP) is 1.44. The standard InChI is InChI=1S/C16H20N4O3S/c1-11(15-5-3-4-7-17-15)19-16(21)14-9-18-20(12(14)2)13-6-8-24(22,23)10-13/h3-5,7,9,11,13H,6,8,10H2,1-2H3,(H,19,21)/t11-,13+/m1/s1. The van der Waals surface area contributed by atoms with Crippen molar-refractivity contribution in [1.29, 1.82) is 0 Å². The number of nitrogens with one attached hydrogen (secondary N) is 1. The molecule has 3 rings (SSSR count). The summed E-state index contributed by atoms with van der Waals surface area (Å²) >= 11 is 0. The molecule has 1 aliphatic heterocycles. The van der Waals surface area contributed by atoms with Crippen LogP contribution in [-0.2, 0) is 9.84 Å². The number of amides is 1. The van der Waals surface area contributed by atoms with E-state index < -0.39 is 9.84 Å². The molecule has 1 fully saturated rings. The van der Waals surface area contributed by atoms with Gasteiger partial charge in [0.15, 0.2) is 9.84 Å². The molecule has 128 valence electrons. The highest BCUT2D eigenvalue weighted by atomic mass is 32.2. The van der Waals surface area contributed by atoms with Crippen molar-refractivity contribution in [3.63, 3.8) is 0 Å². The lowest BCUT2D eigenvalue weighted by atomic mass is 10.1. The summed E-state index contributed by atoms with van der Waals surface area (Å²) < 4.78 is 24.9. The highest BCUT2D eigenvalue weighted by Crippen LogP contribution is 2.25. The van der Waals surface area contributed by atoms with E-state index in [1.807, 2.05) is 25.1 Å². The van der Waals surface area contributed by atoms with Gasteiger partial charge in [-0.1, -0.05) is 6.07 Å². The van der Waals surface area contributed by atoms with E-state index >= 15 is 0 Å². The van der Waals surface area contributed by atoms with E-state index in [9.17, 15) is 13.2 Å². The zero-order valence-corrected chi connectivity index (χ0v) is 14.5.